The number of hydrogen-bond donors (Lipinski definition) is 0. The van der Waals surface area contributed by atoms with Crippen molar-refractivity contribution in [2.24, 2.45) is 5.92 Å². The molecule has 0 amide bonds. The van der Waals surface area contributed by atoms with E-state index < -0.39 is 0 Å². The maximum atomic E-state index is 5.71. The second-order valence-electron chi connectivity index (χ2n) is 19.0. The second kappa shape index (κ2) is 13.4. The number of rotatable bonds is 4. The normalized spacial score (nSPS) is 16.3. The van der Waals surface area contributed by atoms with E-state index in [1.807, 2.05) is 0 Å². The Hall–Kier alpha value is -8.79. The number of fused-ring (bicyclic) bond motifs is 8. The van der Waals surface area contributed by atoms with Crippen molar-refractivity contribution in [1.29, 1.82) is 0 Å². The van der Waals surface area contributed by atoms with Crippen LogP contribution in [0, 0.1) is 5.92 Å². The van der Waals surface area contributed by atoms with Crippen LogP contribution in [0.5, 0.6) is 0 Å². The van der Waals surface area contributed by atoms with E-state index in [2.05, 4.69) is 234 Å². The molecule has 0 fully saturated rings. The molecule has 2 unspecified atom stereocenters. The van der Waals surface area contributed by atoms with Gasteiger partial charge in [-0.15, -0.1) is 0 Å². The molecule has 3 aliphatic carbocycles. The van der Waals surface area contributed by atoms with Crippen LogP contribution in [-0.4, -0.2) is 14.1 Å². The molecule has 10 aromatic carbocycles. The molecule has 2 atom stereocenters. The summed E-state index contributed by atoms with van der Waals surface area (Å²) in [6, 6.07) is 69.9. The summed E-state index contributed by atoms with van der Waals surface area (Å²) < 4.78 is 5.02. The third kappa shape index (κ3) is 4.94. The van der Waals surface area contributed by atoms with E-state index in [0.29, 0.717) is 5.92 Å². The molecule has 68 heavy (non-hydrogen) atoms. The zero-order valence-corrected chi connectivity index (χ0v) is 36.9. The third-order valence-corrected chi connectivity index (χ3v) is 15.5. The lowest BCUT2D eigenvalue weighted by Gasteiger charge is -2.36. The Morgan fingerprint density at radius 1 is 0.426 bits per heavy atom. The number of hydrogen-bond acceptors (Lipinski definition) is 1. The maximum Gasteiger partial charge on any atom is 0.0730 e. The van der Waals surface area contributed by atoms with Gasteiger partial charge in [-0.25, -0.2) is 4.98 Å². The fourth-order valence-corrected chi connectivity index (χ4v) is 12.6. The molecule has 314 valence electrons. The maximum absolute atomic E-state index is 5.71. The Kier molecular flexibility index (Phi) is 7.18. The fourth-order valence-electron chi connectivity index (χ4n) is 12.6. The minimum atomic E-state index is 0.225. The monoisotopic (exact) mass is 861 g/mol. The lowest BCUT2D eigenvalue weighted by Crippen LogP contribution is -2.21. The zero-order chi connectivity index (χ0) is 44.2. The van der Waals surface area contributed by atoms with E-state index in [1.54, 1.807) is 0 Å². The predicted octanol–water partition coefficient (Wildman–Crippen LogP) is 16.8. The number of nitrogens with zero attached hydrogens (tertiary/aromatic N) is 3. The molecule has 0 bridgehead atoms. The highest BCUT2D eigenvalue weighted by atomic mass is 15.0. The number of aromatic nitrogens is 3. The van der Waals surface area contributed by atoms with E-state index >= 15 is 0 Å². The molecule has 16 rings (SSSR count). The van der Waals surface area contributed by atoms with Crippen molar-refractivity contribution in [1.82, 2.24) is 14.1 Å². The van der Waals surface area contributed by atoms with Crippen molar-refractivity contribution in [3.8, 4) is 22.6 Å². The minimum Gasteiger partial charge on any atom is -0.309 e. The van der Waals surface area contributed by atoms with Gasteiger partial charge >= 0.3 is 0 Å². The lowest BCUT2D eigenvalue weighted by molar-refractivity contribution is 0.667. The summed E-state index contributed by atoms with van der Waals surface area (Å²) in [4.78, 5) is 5.71. The predicted molar refractivity (Wildman–Crippen MR) is 286 cm³/mol. The van der Waals surface area contributed by atoms with Gasteiger partial charge in [-0.3, -0.25) is 0 Å². The first-order chi connectivity index (χ1) is 33.7. The van der Waals surface area contributed by atoms with Crippen LogP contribution in [0.15, 0.2) is 218 Å². The largest absolute Gasteiger partial charge is 0.309 e. The van der Waals surface area contributed by atoms with Gasteiger partial charge in [0.25, 0.3) is 0 Å². The smallest absolute Gasteiger partial charge is 0.0730 e. The van der Waals surface area contributed by atoms with Gasteiger partial charge < -0.3 is 9.13 Å². The summed E-state index contributed by atoms with van der Waals surface area (Å²) >= 11 is 0. The molecule has 0 aliphatic heterocycles. The van der Waals surface area contributed by atoms with Crippen molar-refractivity contribution < 1.29 is 0 Å². The fraction of sp³-hybridized carbons (Fsp3) is 0.0308. The Labute approximate surface area is 391 Å². The van der Waals surface area contributed by atoms with E-state index in [1.165, 1.54) is 115 Å². The number of pyridine rings is 1. The second-order valence-corrected chi connectivity index (χ2v) is 19.0. The molecule has 13 aromatic rings. The van der Waals surface area contributed by atoms with Crippen molar-refractivity contribution in [3.05, 3.63) is 240 Å². The number of benzene rings is 10. The van der Waals surface area contributed by atoms with E-state index in [9.17, 15) is 0 Å². The highest BCUT2D eigenvalue weighted by Gasteiger charge is 2.34. The molecule has 0 N–H and O–H groups in total. The Morgan fingerprint density at radius 2 is 1.07 bits per heavy atom. The van der Waals surface area contributed by atoms with Crippen LogP contribution in [0.4, 0.5) is 0 Å². The number of allylic oxidation sites excluding steroid dienone is 6. The quantitative estimate of drug-likeness (QED) is 0.162. The standard InChI is InChI=1S/C65H39N3/c1-2-16-50-38(10-1)11-9-21-56(50)68-58-20-6-4-18-53(58)64-59(68)31-30-52-51-17-3-5-19-57(51)67(65(52)64)49-36-54(47-32-43-26-22-39-12-7-13-40-23-27-44(33-47)62(43)60(39)40)66-55(37-49)48-34-45-28-24-41-14-8-15-42-25-29-46(35-48)63(45)61(41)42/h1-37,43,62H. The van der Waals surface area contributed by atoms with Gasteiger partial charge in [-0.2, -0.15) is 0 Å². The highest BCUT2D eigenvalue weighted by molar-refractivity contribution is 6.27. The van der Waals surface area contributed by atoms with Crippen LogP contribution in [0.2, 0.25) is 0 Å². The van der Waals surface area contributed by atoms with Crippen LogP contribution >= 0.6 is 0 Å². The van der Waals surface area contributed by atoms with Crippen molar-refractivity contribution in [2.75, 3.05) is 0 Å². The molecule has 3 aromatic heterocycles. The van der Waals surface area contributed by atoms with Crippen molar-refractivity contribution in [3.63, 3.8) is 0 Å². The zero-order valence-electron chi connectivity index (χ0n) is 36.9. The van der Waals surface area contributed by atoms with Crippen molar-refractivity contribution in [2.45, 2.75) is 5.92 Å². The summed E-state index contributed by atoms with van der Waals surface area (Å²) in [6.07, 6.45) is 14.3. The molecule has 0 saturated carbocycles. The van der Waals surface area contributed by atoms with Gasteiger partial charge in [-0.1, -0.05) is 170 Å². The Bertz CT molecular complexity index is 4440. The molecule has 3 heteroatoms. The summed E-state index contributed by atoms with van der Waals surface area (Å²) in [5.41, 5.74) is 16.6. The molecule has 3 heterocycles. The molecule has 0 spiro atoms. The van der Waals surface area contributed by atoms with E-state index in [4.69, 9.17) is 4.98 Å². The van der Waals surface area contributed by atoms with E-state index in [0.717, 1.165) is 28.2 Å². The van der Waals surface area contributed by atoms with Crippen LogP contribution in [0.25, 0.3) is 127 Å². The SMILES string of the molecule is C1=Cc2cccc3c2C2C1=CC(c1cc(-n4c5ccccc5c5ccc6c(c7ccccc7n6-c6cccc7ccccc67)c54)cc(-c4cc5ccc6cccc7ccc(c4)c5c67)n1)=CC2C=C3. The molecular weight excluding hydrogens is 823 g/mol. The van der Waals surface area contributed by atoms with Gasteiger partial charge in [0.15, 0.2) is 0 Å². The van der Waals surface area contributed by atoms with Gasteiger partial charge in [0, 0.05) is 44.3 Å². The average molecular weight is 862 g/mol. The van der Waals surface area contributed by atoms with Gasteiger partial charge in [0.2, 0.25) is 0 Å². The third-order valence-electron chi connectivity index (χ3n) is 15.5. The lowest BCUT2D eigenvalue weighted by atomic mass is 9.68. The molecule has 0 saturated heterocycles. The first-order valence-corrected chi connectivity index (χ1v) is 23.8. The summed E-state index contributed by atoms with van der Waals surface area (Å²) in [7, 11) is 0. The summed E-state index contributed by atoms with van der Waals surface area (Å²) in [6.45, 7) is 0. The summed E-state index contributed by atoms with van der Waals surface area (Å²) in [5, 5.41) is 15.0. The van der Waals surface area contributed by atoms with Crippen molar-refractivity contribution >= 4 is 104 Å². The summed E-state index contributed by atoms with van der Waals surface area (Å²) in [5.74, 6) is 0.524. The van der Waals surface area contributed by atoms with Crippen LogP contribution in [0.1, 0.15) is 28.3 Å². The highest BCUT2D eigenvalue weighted by Crippen LogP contribution is 2.50. The molecular formula is C65H39N3. The first-order valence-electron chi connectivity index (χ1n) is 23.8. The average Bonchev–Trinajstić information content (AvgIpc) is 3.92. The first kappa shape index (κ1) is 36.4. The molecule has 0 radical (unpaired) electrons. The van der Waals surface area contributed by atoms with Gasteiger partial charge in [0.05, 0.1) is 44.8 Å². The molecule has 3 aliphatic rings. The van der Waals surface area contributed by atoms with Crippen LogP contribution in [-0.2, 0) is 0 Å². The van der Waals surface area contributed by atoms with Crippen LogP contribution in [0.3, 0.4) is 0 Å². The van der Waals surface area contributed by atoms with Gasteiger partial charge in [-0.05, 0) is 120 Å². The van der Waals surface area contributed by atoms with Crippen LogP contribution < -0.4 is 0 Å². The van der Waals surface area contributed by atoms with E-state index in [-0.39, 0.29) is 5.92 Å². The Morgan fingerprint density at radius 3 is 1.91 bits per heavy atom. The molecule has 3 nitrogen and oxygen atoms in total. The number of para-hydroxylation sites is 2. The van der Waals surface area contributed by atoms with Gasteiger partial charge in [0.1, 0.15) is 0 Å². The topological polar surface area (TPSA) is 22.8 Å². The Balaban J connectivity index is 0.999. The minimum absolute atomic E-state index is 0.225.